The van der Waals surface area contributed by atoms with Crippen molar-refractivity contribution in [2.75, 3.05) is 38.2 Å². The molecule has 1 aliphatic rings. The zero-order valence-corrected chi connectivity index (χ0v) is 17.4. The fourth-order valence-corrected chi connectivity index (χ4v) is 3.76. The van der Waals surface area contributed by atoms with Gasteiger partial charge in [-0.15, -0.1) is 0 Å². The molecule has 1 heterocycles. The van der Waals surface area contributed by atoms with Crippen LogP contribution in [0.4, 0.5) is 0 Å². The highest BCUT2D eigenvalue weighted by Gasteiger charge is 2.20. The quantitative estimate of drug-likeness (QED) is 0.651. The molecule has 1 aliphatic heterocycles. The maximum atomic E-state index is 12.2. The SMILES string of the molecule is CSCCNC(=O)c1cccc(OC2CCN(CCc3ccccc3)CC2)c1. The molecule has 0 unspecified atom stereocenters. The van der Waals surface area contributed by atoms with Gasteiger partial charge in [-0.05, 0) is 49.3 Å². The maximum Gasteiger partial charge on any atom is 0.251 e. The van der Waals surface area contributed by atoms with Gasteiger partial charge >= 0.3 is 0 Å². The van der Waals surface area contributed by atoms with E-state index in [0.29, 0.717) is 12.1 Å². The lowest BCUT2D eigenvalue weighted by Gasteiger charge is -2.32. The Labute approximate surface area is 172 Å². The van der Waals surface area contributed by atoms with Crippen LogP contribution >= 0.6 is 11.8 Å². The Morgan fingerprint density at radius 1 is 1.14 bits per heavy atom. The summed E-state index contributed by atoms with van der Waals surface area (Å²) in [5.41, 5.74) is 2.06. The second-order valence-corrected chi connectivity index (χ2v) is 8.16. The molecule has 2 aromatic carbocycles. The summed E-state index contributed by atoms with van der Waals surface area (Å²) in [6.45, 7) is 3.91. The molecule has 5 heteroatoms. The molecule has 1 fully saturated rings. The number of hydrogen-bond acceptors (Lipinski definition) is 4. The Morgan fingerprint density at radius 2 is 1.93 bits per heavy atom. The molecule has 1 saturated heterocycles. The van der Waals surface area contributed by atoms with Crippen molar-refractivity contribution in [2.24, 2.45) is 0 Å². The van der Waals surface area contributed by atoms with Crippen molar-refractivity contribution in [3.8, 4) is 5.75 Å². The first-order valence-electron chi connectivity index (χ1n) is 10.0. The summed E-state index contributed by atoms with van der Waals surface area (Å²) < 4.78 is 6.17. The van der Waals surface area contributed by atoms with Crippen LogP contribution in [-0.4, -0.2) is 55.1 Å². The Morgan fingerprint density at radius 3 is 2.68 bits per heavy atom. The summed E-state index contributed by atoms with van der Waals surface area (Å²) in [5.74, 6) is 1.68. The largest absolute Gasteiger partial charge is 0.490 e. The molecule has 4 nitrogen and oxygen atoms in total. The first kappa shape index (κ1) is 20.7. The lowest BCUT2D eigenvalue weighted by molar-refractivity contribution is 0.0947. The summed E-state index contributed by atoms with van der Waals surface area (Å²) >= 11 is 1.72. The highest BCUT2D eigenvalue weighted by Crippen LogP contribution is 2.20. The summed E-state index contributed by atoms with van der Waals surface area (Å²) in [4.78, 5) is 14.7. The van der Waals surface area contributed by atoms with Crippen LogP contribution in [0.3, 0.4) is 0 Å². The molecule has 3 rings (SSSR count). The van der Waals surface area contributed by atoms with Gasteiger partial charge < -0.3 is 15.0 Å². The second-order valence-electron chi connectivity index (χ2n) is 7.17. The number of carbonyl (C=O) groups is 1. The van der Waals surface area contributed by atoms with Gasteiger partial charge in [0.15, 0.2) is 0 Å². The molecular weight excluding hydrogens is 368 g/mol. The summed E-state index contributed by atoms with van der Waals surface area (Å²) in [5, 5.41) is 2.94. The molecule has 0 saturated carbocycles. The number of rotatable bonds is 9. The van der Waals surface area contributed by atoms with Gasteiger partial charge in [0.1, 0.15) is 11.9 Å². The third-order valence-corrected chi connectivity index (χ3v) is 5.70. The number of benzene rings is 2. The van der Waals surface area contributed by atoms with E-state index in [-0.39, 0.29) is 12.0 Å². The molecule has 0 atom stereocenters. The number of carbonyl (C=O) groups excluding carboxylic acids is 1. The van der Waals surface area contributed by atoms with Crippen molar-refractivity contribution >= 4 is 17.7 Å². The third kappa shape index (κ3) is 6.57. The van der Waals surface area contributed by atoms with Crippen LogP contribution in [0, 0.1) is 0 Å². The van der Waals surface area contributed by atoms with Gasteiger partial charge in [-0.2, -0.15) is 11.8 Å². The Bertz CT molecular complexity index is 730. The topological polar surface area (TPSA) is 41.6 Å². The number of ether oxygens (including phenoxy) is 1. The molecule has 0 aromatic heterocycles. The lowest BCUT2D eigenvalue weighted by Crippen LogP contribution is -2.39. The van der Waals surface area contributed by atoms with Gasteiger partial charge in [0.25, 0.3) is 5.91 Å². The van der Waals surface area contributed by atoms with Gasteiger partial charge in [0.2, 0.25) is 0 Å². The van der Waals surface area contributed by atoms with Crippen LogP contribution in [0.25, 0.3) is 0 Å². The summed E-state index contributed by atoms with van der Waals surface area (Å²) in [6.07, 6.45) is 5.41. The predicted molar refractivity (Wildman–Crippen MR) is 117 cm³/mol. The van der Waals surface area contributed by atoms with Crippen molar-refractivity contribution in [3.63, 3.8) is 0 Å². The minimum absolute atomic E-state index is 0.0322. The number of nitrogens with zero attached hydrogens (tertiary/aromatic N) is 1. The molecule has 150 valence electrons. The standard InChI is InChI=1S/C23H30N2O2S/c1-28-17-13-24-23(26)20-8-5-9-22(18-20)27-21-11-15-25(16-12-21)14-10-19-6-3-2-4-7-19/h2-9,18,21H,10-17H2,1H3,(H,24,26). The van der Waals surface area contributed by atoms with Crippen molar-refractivity contribution in [1.82, 2.24) is 10.2 Å². The van der Waals surface area contributed by atoms with Gasteiger partial charge in [-0.3, -0.25) is 4.79 Å². The van der Waals surface area contributed by atoms with E-state index in [9.17, 15) is 4.79 Å². The van der Waals surface area contributed by atoms with Gasteiger partial charge in [-0.25, -0.2) is 0 Å². The summed E-state index contributed by atoms with van der Waals surface area (Å²) in [6, 6.07) is 18.2. The van der Waals surface area contributed by atoms with E-state index in [4.69, 9.17) is 4.74 Å². The van der Waals surface area contributed by atoms with E-state index in [2.05, 4.69) is 40.5 Å². The second kappa shape index (κ2) is 11.1. The van der Waals surface area contributed by atoms with Crippen molar-refractivity contribution in [1.29, 1.82) is 0 Å². The number of likely N-dealkylation sites (tertiary alicyclic amines) is 1. The molecule has 0 aliphatic carbocycles. The average molecular weight is 399 g/mol. The lowest BCUT2D eigenvalue weighted by atomic mass is 10.1. The zero-order valence-electron chi connectivity index (χ0n) is 16.6. The average Bonchev–Trinajstić information content (AvgIpc) is 2.74. The van der Waals surface area contributed by atoms with Crippen molar-refractivity contribution < 1.29 is 9.53 Å². The highest BCUT2D eigenvalue weighted by atomic mass is 32.2. The van der Waals surface area contributed by atoms with E-state index in [0.717, 1.165) is 50.4 Å². The van der Waals surface area contributed by atoms with Crippen LogP contribution in [-0.2, 0) is 6.42 Å². The van der Waals surface area contributed by atoms with E-state index in [1.165, 1.54) is 5.56 Å². The number of nitrogens with one attached hydrogen (secondary N) is 1. The van der Waals surface area contributed by atoms with E-state index in [1.54, 1.807) is 11.8 Å². The smallest absolute Gasteiger partial charge is 0.251 e. The van der Waals surface area contributed by atoms with Crippen LogP contribution in [0.2, 0.25) is 0 Å². The first-order valence-corrected chi connectivity index (χ1v) is 11.4. The minimum Gasteiger partial charge on any atom is -0.490 e. The molecule has 1 N–H and O–H groups in total. The number of amides is 1. The molecule has 0 bridgehead atoms. The van der Waals surface area contributed by atoms with Crippen LogP contribution in [0.5, 0.6) is 5.75 Å². The normalized spacial score (nSPS) is 15.3. The van der Waals surface area contributed by atoms with Gasteiger partial charge in [-0.1, -0.05) is 36.4 Å². The highest BCUT2D eigenvalue weighted by molar-refractivity contribution is 7.98. The molecule has 0 radical (unpaired) electrons. The Hall–Kier alpha value is -1.98. The number of piperidine rings is 1. The van der Waals surface area contributed by atoms with Crippen LogP contribution < -0.4 is 10.1 Å². The van der Waals surface area contributed by atoms with Gasteiger partial charge in [0, 0.05) is 37.5 Å². The molecular formula is C23H30N2O2S. The number of thioether (sulfide) groups is 1. The minimum atomic E-state index is -0.0322. The Balaban J connectivity index is 1.43. The first-order chi connectivity index (χ1) is 13.7. The molecule has 28 heavy (non-hydrogen) atoms. The maximum absolute atomic E-state index is 12.2. The van der Waals surface area contributed by atoms with Gasteiger partial charge in [0.05, 0.1) is 0 Å². The fourth-order valence-electron chi connectivity index (χ4n) is 3.45. The van der Waals surface area contributed by atoms with Crippen LogP contribution in [0.15, 0.2) is 54.6 Å². The molecule has 1 amide bonds. The monoisotopic (exact) mass is 398 g/mol. The van der Waals surface area contributed by atoms with E-state index in [1.807, 2.05) is 30.5 Å². The predicted octanol–water partition coefficient (Wildman–Crippen LogP) is 3.87. The van der Waals surface area contributed by atoms with Crippen LogP contribution in [0.1, 0.15) is 28.8 Å². The zero-order chi connectivity index (χ0) is 19.6. The van der Waals surface area contributed by atoms with E-state index < -0.39 is 0 Å². The van der Waals surface area contributed by atoms with Crippen molar-refractivity contribution in [2.45, 2.75) is 25.4 Å². The van der Waals surface area contributed by atoms with Crippen molar-refractivity contribution in [3.05, 3.63) is 65.7 Å². The molecule has 0 spiro atoms. The summed E-state index contributed by atoms with van der Waals surface area (Å²) in [7, 11) is 0. The third-order valence-electron chi connectivity index (χ3n) is 5.08. The number of hydrogen-bond donors (Lipinski definition) is 1. The Kier molecular flexibility index (Phi) is 8.24. The fraction of sp³-hybridized carbons (Fsp3) is 0.435. The van der Waals surface area contributed by atoms with E-state index >= 15 is 0 Å². The molecule has 2 aromatic rings.